The maximum Gasteiger partial charge on any atom is 0.141 e. The van der Waals surface area contributed by atoms with Crippen molar-refractivity contribution in [3.8, 4) is 6.07 Å². The van der Waals surface area contributed by atoms with Crippen LogP contribution in [0, 0.1) is 17.1 Å². The monoisotopic (exact) mass is 244 g/mol. The molecule has 1 N–H and O–H groups in total. The summed E-state index contributed by atoms with van der Waals surface area (Å²) in [6.07, 6.45) is 3.73. The van der Waals surface area contributed by atoms with Crippen LogP contribution < -0.4 is 5.32 Å². The van der Waals surface area contributed by atoms with Gasteiger partial charge in [-0.2, -0.15) is 10.4 Å². The molecule has 0 saturated heterocycles. The number of benzene rings is 1. The summed E-state index contributed by atoms with van der Waals surface area (Å²) in [4.78, 5) is 0. The van der Waals surface area contributed by atoms with Crippen LogP contribution in [0.2, 0.25) is 0 Å². The van der Waals surface area contributed by atoms with Gasteiger partial charge in [0.05, 0.1) is 11.8 Å². The Bertz CT molecular complexity index is 583. The molecule has 2 aromatic rings. The third kappa shape index (κ3) is 2.66. The lowest BCUT2D eigenvalue weighted by atomic mass is 10.2. The molecule has 0 bridgehead atoms. The molecule has 0 fully saturated rings. The lowest BCUT2D eigenvalue weighted by Gasteiger charge is -2.05. The highest BCUT2D eigenvalue weighted by Gasteiger charge is 2.03. The van der Waals surface area contributed by atoms with Crippen LogP contribution in [-0.4, -0.2) is 9.78 Å². The van der Waals surface area contributed by atoms with E-state index >= 15 is 0 Å². The average molecular weight is 244 g/mol. The van der Waals surface area contributed by atoms with Gasteiger partial charge in [0, 0.05) is 30.5 Å². The number of halogens is 1. The zero-order valence-corrected chi connectivity index (χ0v) is 10.0. The van der Waals surface area contributed by atoms with E-state index in [2.05, 4.69) is 10.4 Å². The van der Waals surface area contributed by atoms with Gasteiger partial charge in [-0.25, -0.2) is 4.39 Å². The molecule has 0 aliphatic rings. The molecule has 0 radical (unpaired) electrons. The molecule has 92 valence electrons. The van der Waals surface area contributed by atoms with Crippen molar-refractivity contribution < 1.29 is 4.39 Å². The first-order valence-electron chi connectivity index (χ1n) is 5.67. The molecule has 0 atom stereocenters. The largest absolute Gasteiger partial charge is 0.381 e. The van der Waals surface area contributed by atoms with Crippen LogP contribution in [0.4, 0.5) is 10.1 Å². The summed E-state index contributed by atoms with van der Waals surface area (Å²) in [5.41, 5.74) is 1.81. The van der Waals surface area contributed by atoms with Crippen LogP contribution in [-0.2, 0) is 13.1 Å². The second kappa shape index (κ2) is 5.32. The Labute approximate surface area is 105 Å². The topological polar surface area (TPSA) is 53.6 Å². The van der Waals surface area contributed by atoms with Crippen LogP contribution in [0.1, 0.15) is 18.1 Å². The number of hydrogen-bond donors (Lipinski definition) is 1. The van der Waals surface area contributed by atoms with Crippen molar-refractivity contribution in [3.63, 3.8) is 0 Å². The summed E-state index contributed by atoms with van der Waals surface area (Å²) in [5, 5.41) is 16.0. The Morgan fingerprint density at radius 2 is 2.33 bits per heavy atom. The predicted molar refractivity (Wildman–Crippen MR) is 66.3 cm³/mol. The summed E-state index contributed by atoms with van der Waals surface area (Å²) in [7, 11) is 0. The zero-order chi connectivity index (χ0) is 13.0. The predicted octanol–water partition coefficient (Wildman–Crippen LogP) is 2.53. The number of hydrogen-bond acceptors (Lipinski definition) is 3. The van der Waals surface area contributed by atoms with Gasteiger partial charge in [0.15, 0.2) is 0 Å². The zero-order valence-electron chi connectivity index (χ0n) is 10.0. The normalized spacial score (nSPS) is 10.1. The number of anilines is 1. The van der Waals surface area contributed by atoms with Crippen molar-refractivity contribution in [1.82, 2.24) is 9.78 Å². The second-order valence-corrected chi connectivity index (χ2v) is 3.86. The van der Waals surface area contributed by atoms with Crippen molar-refractivity contribution in [2.45, 2.75) is 20.0 Å². The Morgan fingerprint density at radius 3 is 3.00 bits per heavy atom. The summed E-state index contributed by atoms with van der Waals surface area (Å²) in [6.45, 7) is 3.44. The van der Waals surface area contributed by atoms with E-state index in [1.165, 1.54) is 12.1 Å². The quantitative estimate of drug-likeness (QED) is 0.899. The summed E-state index contributed by atoms with van der Waals surface area (Å²) >= 11 is 0. The first-order valence-corrected chi connectivity index (χ1v) is 5.67. The molecule has 0 spiro atoms. The van der Waals surface area contributed by atoms with E-state index in [0.717, 1.165) is 17.8 Å². The SMILES string of the molecule is CCn1cc(CNc2ccc(F)c(C#N)c2)cn1. The molecule has 1 aromatic carbocycles. The lowest BCUT2D eigenvalue weighted by Crippen LogP contribution is -1.99. The summed E-state index contributed by atoms with van der Waals surface area (Å²) < 4.78 is 15.0. The highest BCUT2D eigenvalue weighted by Crippen LogP contribution is 2.14. The molecule has 5 heteroatoms. The molecule has 0 aliphatic carbocycles. The lowest BCUT2D eigenvalue weighted by molar-refractivity contribution is 0.624. The number of rotatable bonds is 4. The van der Waals surface area contributed by atoms with Crippen molar-refractivity contribution in [2.75, 3.05) is 5.32 Å². The second-order valence-electron chi connectivity index (χ2n) is 3.86. The van der Waals surface area contributed by atoms with Gasteiger partial charge >= 0.3 is 0 Å². The minimum Gasteiger partial charge on any atom is -0.381 e. The van der Waals surface area contributed by atoms with Crippen molar-refractivity contribution in [2.24, 2.45) is 0 Å². The minimum atomic E-state index is -0.498. The van der Waals surface area contributed by atoms with Crippen molar-refractivity contribution >= 4 is 5.69 Å². The van der Waals surface area contributed by atoms with Crippen molar-refractivity contribution in [3.05, 3.63) is 47.5 Å². The van der Waals surface area contributed by atoms with E-state index in [-0.39, 0.29) is 5.56 Å². The minimum absolute atomic E-state index is 0.0456. The Morgan fingerprint density at radius 1 is 1.50 bits per heavy atom. The van der Waals surface area contributed by atoms with Gasteiger partial charge in [-0.1, -0.05) is 0 Å². The number of aryl methyl sites for hydroxylation is 1. The molecule has 0 aliphatic heterocycles. The smallest absolute Gasteiger partial charge is 0.141 e. The van der Waals surface area contributed by atoms with Crippen LogP contribution in [0.3, 0.4) is 0 Å². The van der Waals surface area contributed by atoms with Gasteiger partial charge in [-0.05, 0) is 25.1 Å². The highest BCUT2D eigenvalue weighted by molar-refractivity contribution is 5.50. The average Bonchev–Trinajstić information content (AvgIpc) is 2.86. The number of nitrogens with zero attached hydrogens (tertiary/aromatic N) is 3. The van der Waals surface area contributed by atoms with Gasteiger partial charge < -0.3 is 5.32 Å². The number of nitrogens with one attached hydrogen (secondary N) is 1. The molecule has 0 saturated carbocycles. The molecule has 4 nitrogen and oxygen atoms in total. The van der Waals surface area contributed by atoms with E-state index in [4.69, 9.17) is 5.26 Å². The van der Waals surface area contributed by atoms with Gasteiger partial charge in [-0.15, -0.1) is 0 Å². The van der Waals surface area contributed by atoms with E-state index in [0.29, 0.717) is 6.54 Å². The van der Waals surface area contributed by atoms with Gasteiger partial charge in [0.1, 0.15) is 11.9 Å². The molecule has 0 amide bonds. The van der Waals surface area contributed by atoms with E-state index in [1.807, 2.05) is 23.9 Å². The first kappa shape index (κ1) is 12.1. The maximum absolute atomic E-state index is 13.1. The molecular weight excluding hydrogens is 231 g/mol. The van der Waals surface area contributed by atoms with Gasteiger partial charge in [-0.3, -0.25) is 4.68 Å². The van der Waals surface area contributed by atoms with E-state index < -0.39 is 5.82 Å². The molecule has 1 aromatic heterocycles. The maximum atomic E-state index is 13.1. The number of aromatic nitrogens is 2. The summed E-state index contributed by atoms with van der Waals surface area (Å²) in [5.74, 6) is -0.498. The number of nitriles is 1. The fraction of sp³-hybridized carbons (Fsp3) is 0.231. The molecule has 0 unspecified atom stereocenters. The standard InChI is InChI=1S/C13H13FN4/c1-2-18-9-10(8-17-18)7-16-12-3-4-13(14)11(5-12)6-15/h3-5,8-9,16H,2,7H2,1H3. The van der Waals surface area contributed by atoms with Crippen LogP contribution in [0.25, 0.3) is 0 Å². The van der Waals surface area contributed by atoms with Gasteiger partial charge in [0.2, 0.25) is 0 Å². The third-order valence-corrected chi connectivity index (χ3v) is 2.59. The van der Waals surface area contributed by atoms with Crippen LogP contribution in [0.15, 0.2) is 30.6 Å². The third-order valence-electron chi connectivity index (χ3n) is 2.59. The fourth-order valence-electron chi connectivity index (χ4n) is 1.60. The molecule has 18 heavy (non-hydrogen) atoms. The van der Waals surface area contributed by atoms with Crippen LogP contribution in [0.5, 0.6) is 0 Å². The Kier molecular flexibility index (Phi) is 3.58. The van der Waals surface area contributed by atoms with Crippen molar-refractivity contribution in [1.29, 1.82) is 5.26 Å². The van der Waals surface area contributed by atoms with E-state index in [9.17, 15) is 4.39 Å². The molecule has 1 heterocycles. The van der Waals surface area contributed by atoms with Gasteiger partial charge in [0.25, 0.3) is 0 Å². The Hall–Kier alpha value is -2.35. The summed E-state index contributed by atoms with van der Waals surface area (Å²) in [6, 6.07) is 6.21. The fourth-order valence-corrected chi connectivity index (χ4v) is 1.60. The van der Waals surface area contributed by atoms with E-state index in [1.54, 1.807) is 12.3 Å². The Balaban J connectivity index is 2.04. The highest BCUT2D eigenvalue weighted by atomic mass is 19.1. The van der Waals surface area contributed by atoms with Crippen LogP contribution >= 0.6 is 0 Å². The first-order chi connectivity index (χ1) is 8.72. The molecule has 2 rings (SSSR count). The molecular formula is C13H13FN4.